The van der Waals surface area contributed by atoms with Crippen molar-refractivity contribution in [2.24, 2.45) is 0 Å². The van der Waals surface area contributed by atoms with Crippen molar-refractivity contribution in [2.45, 2.75) is 31.1 Å². The van der Waals surface area contributed by atoms with Gasteiger partial charge in [-0.25, -0.2) is 0 Å². The number of hydrogen-bond acceptors (Lipinski definition) is 1. The molecule has 0 unspecified atom stereocenters. The Morgan fingerprint density at radius 3 is 2.14 bits per heavy atom. The van der Waals surface area contributed by atoms with Crippen molar-refractivity contribution in [2.75, 3.05) is 0 Å². The van der Waals surface area contributed by atoms with Crippen LogP contribution in [0.4, 0.5) is 0 Å². The van der Waals surface area contributed by atoms with Gasteiger partial charge in [0.15, 0.2) is 0 Å². The molecular weight excluding hydrogens is 326 g/mol. The van der Waals surface area contributed by atoms with E-state index in [4.69, 9.17) is 0 Å². The van der Waals surface area contributed by atoms with Crippen LogP contribution >= 0.6 is 15.9 Å². The van der Waals surface area contributed by atoms with Gasteiger partial charge in [0.05, 0.1) is 5.41 Å². The van der Waals surface area contributed by atoms with Gasteiger partial charge in [0.1, 0.15) is 0 Å². The van der Waals surface area contributed by atoms with Crippen LogP contribution in [-0.4, -0.2) is 5.91 Å². The zero-order chi connectivity index (χ0) is 15.3. The number of hydrogen-bond donors (Lipinski definition) is 1. The molecule has 0 spiro atoms. The maximum absolute atomic E-state index is 12.4. The SMILES string of the molecule is CC(C)(C(=O)NCc1ccc(CBr)cc1)c1ccccc1. The minimum Gasteiger partial charge on any atom is -0.351 e. The molecule has 0 radical (unpaired) electrons. The zero-order valence-electron chi connectivity index (χ0n) is 12.4. The van der Waals surface area contributed by atoms with Gasteiger partial charge in [-0.15, -0.1) is 0 Å². The lowest BCUT2D eigenvalue weighted by atomic mass is 9.84. The molecule has 2 nitrogen and oxygen atoms in total. The van der Waals surface area contributed by atoms with Crippen LogP contribution in [0.5, 0.6) is 0 Å². The van der Waals surface area contributed by atoms with E-state index in [1.807, 2.05) is 56.3 Å². The molecule has 0 bridgehead atoms. The van der Waals surface area contributed by atoms with Gasteiger partial charge in [0.2, 0.25) is 5.91 Å². The highest BCUT2D eigenvalue weighted by molar-refractivity contribution is 9.08. The second-order valence-corrected chi connectivity index (χ2v) is 6.18. The maximum Gasteiger partial charge on any atom is 0.230 e. The molecule has 0 fully saturated rings. The van der Waals surface area contributed by atoms with Gasteiger partial charge in [-0.1, -0.05) is 70.5 Å². The van der Waals surface area contributed by atoms with E-state index < -0.39 is 5.41 Å². The molecule has 2 aromatic rings. The number of carbonyl (C=O) groups excluding carboxylic acids is 1. The minimum absolute atomic E-state index is 0.0401. The number of benzene rings is 2. The Morgan fingerprint density at radius 2 is 1.57 bits per heavy atom. The zero-order valence-corrected chi connectivity index (χ0v) is 14.0. The van der Waals surface area contributed by atoms with E-state index in [2.05, 4.69) is 33.4 Å². The Bertz CT molecular complexity index is 590. The van der Waals surface area contributed by atoms with Crippen molar-refractivity contribution in [3.8, 4) is 0 Å². The third kappa shape index (κ3) is 3.94. The van der Waals surface area contributed by atoms with Crippen LogP contribution in [0.1, 0.15) is 30.5 Å². The van der Waals surface area contributed by atoms with Crippen LogP contribution in [0.3, 0.4) is 0 Å². The molecule has 0 saturated carbocycles. The fourth-order valence-corrected chi connectivity index (χ4v) is 2.51. The molecule has 0 aliphatic heterocycles. The van der Waals surface area contributed by atoms with Crippen LogP contribution in [0, 0.1) is 0 Å². The van der Waals surface area contributed by atoms with E-state index in [0.29, 0.717) is 6.54 Å². The molecule has 0 saturated heterocycles. The van der Waals surface area contributed by atoms with Crippen LogP contribution in [0.15, 0.2) is 54.6 Å². The minimum atomic E-state index is -0.531. The number of nitrogens with one attached hydrogen (secondary N) is 1. The number of amides is 1. The predicted octanol–water partition coefficient (Wildman–Crippen LogP) is 4.18. The van der Waals surface area contributed by atoms with E-state index >= 15 is 0 Å². The highest BCUT2D eigenvalue weighted by atomic mass is 79.9. The van der Waals surface area contributed by atoms with E-state index in [9.17, 15) is 4.79 Å². The van der Waals surface area contributed by atoms with E-state index in [0.717, 1.165) is 16.5 Å². The lowest BCUT2D eigenvalue weighted by Gasteiger charge is -2.24. The second kappa shape index (κ2) is 6.90. The Balaban J connectivity index is 2.00. The third-order valence-corrected chi connectivity index (χ3v) is 4.34. The van der Waals surface area contributed by atoms with Crippen LogP contribution in [0.2, 0.25) is 0 Å². The second-order valence-electron chi connectivity index (χ2n) is 5.62. The molecule has 0 aliphatic carbocycles. The largest absolute Gasteiger partial charge is 0.351 e. The average Bonchev–Trinajstić information content (AvgIpc) is 2.53. The van der Waals surface area contributed by atoms with Gasteiger partial charge >= 0.3 is 0 Å². The Hall–Kier alpha value is -1.61. The highest BCUT2D eigenvalue weighted by Crippen LogP contribution is 2.23. The number of carbonyl (C=O) groups is 1. The number of halogens is 1. The first-order chi connectivity index (χ1) is 10.0. The van der Waals surface area contributed by atoms with E-state index in [-0.39, 0.29) is 5.91 Å². The first kappa shape index (κ1) is 15.8. The molecule has 110 valence electrons. The van der Waals surface area contributed by atoms with E-state index in [1.165, 1.54) is 5.56 Å². The lowest BCUT2D eigenvalue weighted by Crippen LogP contribution is -2.39. The normalized spacial score (nSPS) is 11.2. The summed E-state index contributed by atoms with van der Waals surface area (Å²) in [6, 6.07) is 18.1. The summed E-state index contributed by atoms with van der Waals surface area (Å²) in [4.78, 5) is 12.4. The molecule has 0 aromatic heterocycles. The van der Waals surface area contributed by atoms with Crippen molar-refractivity contribution >= 4 is 21.8 Å². The molecule has 0 aliphatic rings. The van der Waals surface area contributed by atoms with E-state index in [1.54, 1.807) is 0 Å². The van der Waals surface area contributed by atoms with Gasteiger partial charge in [-0.3, -0.25) is 4.79 Å². The average molecular weight is 346 g/mol. The Kier molecular flexibility index (Phi) is 5.18. The summed E-state index contributed by atoms with van der Waals surface area (Å²) in [7, 11) is 0. The van der Waals surface area contributed by atoms with Gasteiger partial charge in [0.25, 0.3) is 0 Å². The highest BCUT2D eigenvalue weighted by Gasteiger charge is 2.29. The lowest BCUT2D eigenvalue weighted by molar-refractivity contribution is -0.125. The monoisotopic (exact) mass is 345 g/mol. The summed E-state index contributed by atoms with van der Waals surface area (Å²) < 4.78 is 0. The molecule has 0 atom stereocenters. The summed E-state index contributed by atoms with van der Waals surface area (Å²) in [6.45, 7) is 4.45. The maximum atomic E-state index is 12.4. The molecule has 1 N–H and O–H groups in total. The van der Waals surface area contributed by atoms with Crippen molar-refractivity contribution < 1.29 is 4.79 Å². The van der Waals surface area contributed by atoms with Crippen LogP contribution < -0.4 is 5.32 Å². The van der Waals surface area contributed by atoms with Crippen molar-refractivity contribution in [1.82, 2.24) is 5.32 Å². The van der Waals surface area contributed by atoms with Gasteiger partial charge in [-0.05, 0) is 30.5 Å². The standard InChI is InChI=1S/C18H20BrNO/c1-18(2,16-6-4-3-5-7-16)17(21)20-13-15-10-8-14(12-19)9-11-15/h3-11H,12-13H2,1-2H3,(H,20,21). The molecule has 1 amide bonds. The number of rotatable bonds is 5. The summed E-state index contributed by atoms with van der Waals surface area (Å²) in [5.41, 5.74) is 2.83. The molecule has 3 heteroatoms. The summed E-state index contributed by atoms with van der Waals surface area (Å²) >= 11 is 3.43. The topological polar surface area (TPSA) is 29.1 Å². The smallest absolute Gasteiger partial charge is 0.230 e. The molecule has 0 heterocycles. The van der Waals surface area contributed by atoms with Gasteiger partial charge < -0.3 is 5.32 Å². The quantitative estimate of drug-likeness (QED) is 0.809. The fourth-order valence-electron chi connectivity index (χ4n) is 2.14. The predicted molar refractivity (Wildman–Crippen MR) is 90.4 cm³/mol. The first-order valence-corrected chi connectivity index (χ1v) is 8.14. The van der Waals surface area contributed by atoms with Gasteiger partial charge in [0, 0.05) is 11.9 Å². The summed E-state index contributed by atoms with van der Waals surface area (Å²) in [5.74, 6) is 0.0401. The fraction of sp³-hybridized carbons (Fsp3) is 0.278. The molecule has 2 aromatic carbocycles. The van der Waals surface area contributed by atoms with Crippen molar-refractivity contribution in [3.63, 3.8) is 0 Å². The van der Waals surface area contributed by atoms with Gasteiger partial charge in [-0.2, -0.15) is 0 Å². The number of alkyl halides is 1. The molecule has 2 rings (SSSR count). The Labute approximate surface area is 134 Å². The first-order valence-electron chi connectivity index (χ1n) is 7.01. The third-order valence-electron chi connectivity index (χ3n) is 3.69. The molecular formula is C18H20BrNO. The molecule has 21 heavy (non-hydrogen) atoms. The van der Waals surface area contributed by atoms with Crippen molar-refractivity contribution in [3.05, 3.63) is 71.3 Å². The summed E-state index contributed by atoms with van der Waals surface area (Å²) in [5, 5.41) is 3.87. The Morgan fingerprint density at radius 1 is 1.00 bits per heavy atom. The van der Waals surface area contributed by atoms with Crippen LogP contribution in [0.25, 0.3) is 0 Å². The van der Waals surface area contributed by atoms with Crippen LogP contribution in [-0.2, 0) is 22.1 Å². The summed E-state index contributed by atoms with van der Waals surface area (Å²) in [6.07, 6.45) is 0. The van der Waals surface area contributed by atoms with Crippen molar-refractivity contribution in [1.29, 1.82) is 0 Å².